The van der Waals surface area contributed by atoms with Crippen LogP contribution in [0.5, 0.6) is 5.88 Å². The third-order valence-corrected chi connectivity index (χ3v) is 6.33. The van der Waals surface area contributed by atoms with Gasteiger partial charge in [-0.2, -0.15) is 0 Å². The van der Waals surface area contributed by atoms with Crippen LogP contribution in [0.1, 0.15) is 38.9 Å². The van der Waals surface area contributed by atoms with Gasteiger partial charge in [0.25, 0.3) is 11.8 Å². The highest BCUT2D eigenvalue weighted by Crippen LogP contribution is 2.39. The zero-order valence-electron chi connectivity index (χ0n) is 20.1. The smallest absolute Gasteiger partial charge is 0.258 e. The van der Waals surface area contributed by atoms with Crippen LogP contribution in [0.3, 0.4) is 0 Å². The number of fused-ring (bicyclic) bond motifs is 1. The van der Waals surface area contributed by atoms with E-state index in [1.165, 1.54) is 36.4 Å². The molecule has 0 spiro atoms. The van der Waals surface area contributed by atoms with Crippen LogP contribution in [0.25, 0.3) is 11.3 Å². The van der Waals surface area contributed by atoms with Crippen LogP contribution in [0.4, 0.5) is 20.5 Å². The van der Waals surface area contributed by atoms with Crippen LogP contribution in [-0.2, 0) is 13.0 Å². The number of rotatable bonds is 5. The molecule has 0 bridgehead atoms. The first kappa shape index (κ1) is 24.0. The van der Waals surface area contributed by atoms with Gasteiger partial charge in [0, 0.05) is 24.1 Å². The number of aryl methyl sites for hydroxylation is 1. The van der Waals surface area contributed by atoms with Gasteiger partial charge in [-0.3, -0.25) is 4.79 Å². The summed E-state index contributed by atoms with van der Waals surface area (Å²) in [5.74, 6) is -1.14. The summed E-state index contributed by atoms with van der Waals surface area (Å²) in [6, 6.07) is 9.74. The summed E-state index contributed by atoms with van der Waals surface area (Å²) in [4.78, 5) is 32.4. The molecule has 0 saturated heterocycles. The monoisotopic (exact) mass is 503 g/mol. The van der Waals surface area contributed by atoms with E-state index in [9.17, 15) is 13.6 Å². The number of carbonyl (C=O) groups excluding carboxylic acids is 1. The molecule has 37 heavy (non-hydrogen) atoms. The molecule has 0 aliphatic carbocycles. The van der Waals surface area contributed by atoms with Gasteiger partial charge >= 0.3 is 0 Å². The van der Waals surface area contributed by atoms with Crippen LogP contribution >= 0.6 is 0 Å². The topological polar surface area (TPSA) is 133 Å². The highest BCUT2D eigenvalue weighted by molar-refractivity contribution is 5.98. The van der Waals surface area contributed by atoms with E-state index in [0.29, 0.717) is 39.3 Å². The standard InChI is InChI=1S/C26H23F2N7O2/c1-13-22-19(34-26(30)32-13)10-21(35(25(22)36)12-14-5-3-4-6-18(14)28)16-8-7-15(27)9-17(16)20-11-31-23(29)24(33-20)37-2/h3-9,11,21H,10,12H2,1-2H3,(H2,29,31)(H2,30,32,34). The van der Waals surface area contributed by atoms with Gasteiger partial charge in [0.15, 0.2) is 5.82 Å². The fourth-order valence-corrected chi connectivity index (χ4v) is 4.63. The molecule has 1 aliphatic heterocycles. The number of halogens is 2. The first-order valence-electron chi connectivity index (χ1n) is 11.4. The number of nitrogens with two attached hydrogens (primary N) is 2. The quantitative estimate of drug-likeness (QED) is 0.422. The van der Waals surface area contributed by atoms with Crippen molar-refractivity contribution in [1.29, 1.82) is 0 Å². The van der Waals surface area contributed by atoms with Crippen molar-refractivity contribution in [2.24, 2.45) is 0 Å². The van der Waals surface area contributed by atoms with Crippen LogP contribution < -0.4 is 16.2 Å². The fraction of sp³-hybridized carbons (Fsp3) is 0.192. The van der Waals surface area contributed by atoms with Gasteiger partial charge in [0.1, 0.15) is 11.6 Å². The average Bonchev–Trinajstić information content (AvgIpc) is 2.86. The van der Waals surface area contributed by atoms with E-state index >= 15 is 0 Å². The number of aromatic nitrogens is 4. The minimum absolute atomic E-state index is 0.0347. The lowest BCUT2D eigenvalue weighted by Gasteiger charge is -2.38. The highest BCUT2D eigenvalue weighted by Gasteiger charge is 2.37. The summed E-state index contributed by atoms with van der Waals surface area (Å²) in [7, 11) is 1.40. The summed E-state index contributed by atoms with van der Waals surface area (Å²) < 4.78 is 34.4. The Labute approximate surface area is 211 Å². The Morgan fingerprint density at radius 3 is 2.65 bits per heavy atom. The Morgan fingerprint density at radius 2 is 1.89 bits per heavy atom. The Balaban J connectivity index is 1.70. The number of benzene rings is 2. The van der Waals surface area contributed by atoms with Crippen LogP contribution in [0.2, 0.25) is 0 Å². The number of carbonyl (C=O) groups is 1. The van der Waals surface area contributed by atoms with Crippen LogP contribution in [-0.4, -0.2) is 37.9 Å². The Hall–Kier alpha value is -4.67. The molecule has 4 aromatic rings. The summed E-state index contributed by atoms with van der Waals surface area (Å²) in [6.07, 6.45) is 1.64. The number of nitrogens with zero attached hydrogens (tertiary/aromatic N) is 5. The van der Waals surface area contributed by atoms with Gasteiger partial charge in [-0.15, -0.1) is 0 Å². The van der Waals surface area contributed by atoms with Crippen molar-refractivity contribution in [3.63, 3.8) is 0 Å². The minimum atomic E-state index is -0.658. The van der Waals surface area contributed by atoms with Crippen molar-refractivity contribution in [3.05, 3.63) is 88.4 Å². The number of amides is 1. The van der Waals surface area contributed by atoms with Crippen molar-refractivity contribution < 1.29 is 18.3 Å². The van der Waals surface area contributed by atoms with Crippen molar-refractivity contribution in [1.82, 2.24) is 24.8 Å². The van der Waals surface area contributed by atoms with Gasteiger partial charge < -0.3 is 21.1 Å². The molecule has 3 heterocycles. The zero-order valence-corrected chi connectivity index (χ0v) is 20.1. The van der Waals surface area contributed by atoms with Gasteiger partial charge in [0.2, 0.25) is 5.95 Å². The Kier molecular flexibility index (Phi) is 6.12. The van der Waals surface area contributed by atoms with E-state index in [0.717, 1.165) is 0 Å². The molecule has 1 unspecified atom stereocenters. The lowest BCUT2D eigenvalue weighted by molar-refractivity contribution is 0.0622. The maximum atomic E-state index is 14.7. The molecule has 1 atom stereocenters. The normalized spacial score (nSPS) is 15.0. The molecule has 2 aromatic carbocycles. The molecular formula is C26H23F2N7O2. The van der Waals surface area contributed by atoms with Gasteiger partial charge in [-0.05, 0) is 30.7 Å². The number of nitrogen functional groups attached to an aromatic ring is 2. The molecule has 1 aliphatic rings. The zero-order chi connectivity index (χ0) is 26.3. The summed E-state index contributed by atoms with van der Waals surface area (Å²) in [6.45, 7) is 1.64. The lowest BCUT2D eigenvalue weighted by atomic mass is 9.88. The van der Waals surface area contributed by atoms with Gasteiger partial charge in [0.05, 0.1) is 42.0 Å². The van der Waals surface area contributed by atoms with Crippen molar-refractivity contribution in [2.75, 3.05) is 18.6 Å². The predicted molar refractivity (Wildman–Crippen MR) is 132 cm³/mol. The SMILES string of the molecule is COc1nc(-c2cc(F)ccc2C2Cc3nc(N)nc(C)c3C(=O)N2Cc2ccccc2F)cnc1N. The van der Waals surface area contributed by atoms with E-state index in [2.05, 4.69) is 19.9 Å². The van der Waals surface area contributed by atoms with Crippen molar-refractivity contribution >= 4 is 17.7 Å². The third kappa shape index (κ3) is 4.39. The van der Waals surface area contributed by atoms with Gasteiger partial charge in [-0.1, -0.05) is 24.3 Å². The summed E-state index contributed by atoms with van der Waals surface area (Å²) >= 11 is 0. The van der Waals surface area contributed by atoms with Gasteiger partial charge in [-0.25, -0.2) is 28.7 Å². The van der Waals surface area contributed by atoms with E-state index in [-0.39, 0.29) is 36.5 Å². The molecule has 11 heteroatoms. The second-order valence-corrected chi connectivity index (χ2v) is 8.61. The first-order valence-corrected chi connectivity index (χ1v) is 11.4. The molecule has 9 nitrogen and oxygen atoms in total. The average molecular weight is 504 g/mol. The van der Waals surface area contributed by atoms with E-state index < -0.39 is 17.7 Å². The van der Waals surface area contributed by atoms with Crippen LogP contribution in [0.15, 0.2) is 48.7 Å². The third-order valence-electron chi connectivity index (χ3n) is 6.33. The van der Waals surface area contributed by atoms with Crippen molar-refractivity contribution in [2.45, 2.75) is 25.9 Å². The first-order chi connectivity index (χ1) is 17.8. The summed E-state index contributed by atoms with van der Waals surface area (Å²) in [5.41, 5.74) is 14.5. The number of ether oxygens (including phenoxy) is 1. The molecule has 0 fully saturated rings. The Bertz CT molecular complexity index is 1530. The van der Waals surface area contributed by atoms with E-state index in [4.69, 9.17) is 16.2 Å². The molecule has 1 amide bonds. The van der Waals surface area contributed by atoms with E-state index in [1.807, 2.05) is 0 Å². The van der Waals surface area contributed by atoms with E-state index in [1.54, 1.807) is 31.2 Å². The number of hydrogen-bond donors (Lipinski definition) is 2. The molecule has 5 rings (SSSR count). The highest BCUT2D eigenvalue weighted by atomic mass is 19.1. The second kappa shape index (κ2) is 9.41. The Morgan fingerprint density at radius 1 is 1.11 bits per heavy atom. The molecule has 188 valence electrons. The van der Waals surface area contributed by atoms with Crippen molar-refractivity contribution in [3.8, 4) is 17.1 Å². The van der Waals surface area contributed by atoms with Crippen LogP contribution in [0, 0.1) is 18.6 Å². The fourth-order valence-electron chi connectivity index (χ4n) is 4.63. The maximum Gasteiger partial charge on any atom is 0.258 e. The number of hydrogen-bond acceptors (Lipinski definition) is 8. The second-order valence-electron chi connectivity index (χ2n) is 8.61. The molecule has 4 N–H and O–H groups in total. The molecular weight excluding hydrogens is 480 g/mol. The minimum Gasteiger partial charge on any atom is -0.478 e. The maximum absolute atomic E-state index is 14.7. The lowest BCUT2D eigenvalue weighted by Crippen LogP contribution is -2.41. The summed E-state index contributed by atoms with van der Waals surface area (Å²) in [5, 5.41) is 0. The molecule has 0 radical (unpaired) electrons. The number of methoxy groups -OCH3 is 1. The number of anilines is 2. The molecule has 2 aromatic heterocycles. The molecule has 0 saturated carbocycles. The largest absolute Gasteiger partial charge is 0.478 e. The predicted octanol–water partition coefficient (Wildman–Crippen LogP) is 3.63.